The van der Waals surface area contributed by atoms with Crippen LogP contribution in [0.25, 0.3) is 0 Å². The van der Waals surface area contributed by atoms with E-state index in [1.807, 2.05) is 12.1 Å². The van der Waals surface area contributed by atoms with Gasteiger partial charge in [-0.2, -0.15) is 9.38 Å². The van der Waals surface area contributed by atoms with Crippen molar-refractivity contribution in [3.05, 3.63) is 63.2 Å². The molecule has 6 heterocycles. The molecule has 57 heavy (non-hydrogen) atoms. The Labute approximate surface area is 356 Å². The topological polar surface area (TPSA) is 248 Å². The number of isothiocyanates is 1. The number of oxime groups is 2. The van der Waals surface area contributed by atoms with E-state index in [1.165, 1.54) is 36.9 Å². The maximum atomic E-state index is 12.6. The Bertz CT molecular complexity index is 2280. The average Bonchev–Trinajstić information content (AvgIpc) is 4.00. The molecular formula is C27H32Cl2N10O12S6. The fourth-order valence-corrected chi connectivity index (χ4v) is 8.91. The van der Waals surface area contributed by atoms with Gasteiger partial charge in [-0.3, -0.25) is 4.28 Å². The number of hydrogen-bond donors (Lipinski definition) is 2. The zero-order valence-corrected chi connectivity index (χ0v) is 35.5. The van der Waals surface area contributed by atoms with Gasteiger partial charge in [-0.25, -0.2) is 28.6 Å². The molecule has 0 bridgehead atoms. The summed E-state index contributed by atoms with van der Waals surface area (Å²) in [5.41, 5.74) is 1.30. The van der Waals surface area contributed by atoms with Crippen LogP contribution in [-0.4, -0.2) is 101 Å². The number of hydroxylamine groups is 1. The maximum absolute atomic E-state index is 12.6. The minimum atomic E-state index is -2.10. The van der Waals surface area contributed by atoms with Gasteiger partial charge in [0.2, 0.25) is 16.2 Å². The van der Waals surface area contributed by atoms with Crippen molar-refractivity contribution in [2.75, 3.05) is 40.6 Å². The molecule has 0 fully saturated rings. The quantitative estimate of drug-likeness (QED) is 0.118. The van der Waals surface area contributed by atoms with Crippen molar-refractivity contribution >= 4 is 115 Å². The molecule has 0 radical (unpaired) electrons. The van der Waals surface area contributed by atoms with E-state index in [4.69, 9.17) is 68.5 Å². The Kier molecular flexibility index (Phi) is 19.2. The summed E-state index contributed by atoms with van der Waals surface area (Å²) in [5, 5.41) is 26.0. The third-order valence-corrected chi connectivity index (χ3v) is 11.9. The molecule has 22 nitrogen and oxygen atoms in total. The minimum absolute atomic E-state index is 0. The number of rotatable bonds is 12. The lowest BCUT2D eigenvalue weighted by Crippen LogP contribution is -2.38. The van der Waals surface area contributed by atoms with Crippen LogP contribution < -0.4 is 26.5 Å². The normalized spacial score (nSPS) is 13.9. The van der Waals surface area contributed by atoms with E-state index in [9.17, 15) is 18.0 Å². The SMILES string of the molecule is C.CCc1n[nH]c(=O)n1OC.CCc1nn(C(=S)NOS(=O)c2c(Cl)csc2C2=NOCCO2)c(=O)n1OC.O=S(ON=C=S)c1c(Cl)csc1C1=NOCCO1. The van der Waals surface area contributed by atoms with Crippen molar-refractivity contribution in [2.24, 2.45) is 15.5 Å². The number of H-pyrrole nitrogens is 1. The number of nitrogens with zero attached hydrogens (tertiary/aromatic N) is 8. The Morgan fingerprint density at radius 2 is 1.49 bits per heavy atom. The fourth-order valence-electron chi connectivity index (χ4n) is 3.99. The molecule has 2 atom stereocenters. The van der Waals surface area contributed by atoms with Crippen molar-refractivity contribution < 1.29 is 45.8 Å². The first-order valence-corrected chi connectivity index (χ1v) is 20.7. The van der Waals surface area contributed by atoms with E-state index in [1.54, 1.807) is 17.7 Å². The first-order valence-electron chi connectivity index (χ1n) is 15.2. The van der Waals surface area contributed by atoms with E-state index in [0.717, 1.165) is 14.1 Å². The number of halogens is 2. The van der Waals surface area contributed by atoms with Crippen LogP contribution in [0.2, 0.25) is 10.0 Å². The average molecular weight is 952 g/mol. The highest BCUT2D eigenvalue weighted by Crippen LogP contribution is 2.33. The third kappa shape index (κ3) is 11.9. The third-order valence-electron chi connectivity index (χ3n) is 6.29. The molecular weight excluding hydrogens is 920 g/mol. The summed E-state index contributed by atoms with van der Waals surface area (Å²) in [5.74, 6) is 1.33. The monoisotopic (exact) mass is 950 g/mol. The largest absolute Gasteiger partial charge is 0.471 e. The number of hydrogen-bond acceptors (Lipinski definition) is 21. The molecule has 4 aromatic heterocycles. The van der Waals surface area contributed by atoms with Gasteiger partial charge in [0.1, 0.15) is 52.1 Å². The van der Waals surface area contributed by atoms with Crippen molar-refractivity contribution in [1.82, 2.24) is 34.9 Å². The lowest BCUT2D eigenvalue weighted by atomic mass is 10.4. The van der Waals surface area contributed by atoms with Gasteiger partial charge in [-0.1, -0.05) is 44.5 Å². The van der Waals surface area contributed by atoms with Crippen molar-refractivity contribution in [3.63, 3.8) is 0 Å². The van der Waals surface area contributed by atoms with Crippen molar-refractivity contribution in [2.45, 2.75) is 43.9 Å². The molecule has 2 aliphatic rings. The predicted octanol–water partition coefficient (Wildman–Crippen LogP) is 2.46. The van der Waals surface area contributed by atoms with Gasteiger partial charge < -0.3 is 28.8 Å². The van der Waals surface area contributed by atoms with Crippen LogP contribution >= 0.6 is 70.3 Å². The molecule has 4 aromatic rings. The lowest BCUT2D eigenvalue weighted by molar-refractivity contribution is 0.0656. The molecule has 30 heteroatoms. The predicted molar refractivity (Wildman–Crippen MR) is 217 cm³/mol. The van der Waals surface area contributed by atoms with Gasteiger partial charge in [0.05, 0.1) is 10.0 Å². The van der Waals surface area contributed by atoms with Gasteiger partial charge >= 0.3 is 11.4 Å². The van der Waals surface area contributed by atoms with E-state index in [-0.39, 0.29) is 49.9 Å². The van der Waals surface area contributed by atoms with Crippen molar-refractivity contribution in [3.8, 4) is 0 Å². The fraction of sp³-hybridized carbons (Fsp3) is 0.407. The van der Waals surface area contributed by atoms with Crippen LogP contribution in [0.1, 0.15) is 42.7 Å². The van der Waals surface area contributed by atoms with Crippen molar-refractivity contribution in [1.29, 1.82) is 0 Å². The summed E-state index contributed by atoms with van der Waals surface area (Å²) in [4.78, 5) is 43.7. The molecule has 2 N–H and O–H groups in total. The summed E-state index contributed by atoms with van der Waals surface area (Å²) in [6.45, 7) is 5.03. The highest BCUT2D eigenvalue weighted by molar-refractivity contribution is 7.81. The van der Waals surface area contributed by atoms with Gasteiger partial charge in [0.15, 0.2) is 24.9 Å². The number of nitrogens with one attached hydrogen (secondary N) is 2. The molecule has 2 aliphatic heterocycles. The Morgan fingerprint density at radius 1 is 0.947 bits per heavy atom. The molecule has 0 saturated heterocycles. The van der Waals surface area contributed by atoms with Gasteiger partial charge in [-0.15, -0.1) is 41.9 Å². The second-order valence-electron chi connectivity index (χ2n) is 9.57. The summed E-state index contributed by atoms with van der Waals surface area (Å²) < 4.78 is 47.8. The van der Waals surface area contributed by atoms with Gasteiger partial charge in [-0.05, 0) is 39.9 Å². The highest BCUT2D eigenvalue weighted by atomic mass is 35.5. The zero-order chi connectivity index (χ0) is 40.8. The molecule has 0 spiro atoms. The Hall–Kier alpha value is -4.25. The van der Waals surface area contributed by atoms with Gasteiger partial charge in [0, 0.05) is 23.6 Å². The molecule has 312 valence electrons. The second-order valence-corrected chi connectivity index (χ2v) is 14.8. The number of thiophene rings is 2. The smallest absolute Gasteiger partial charge is 0.386 e. The summed E-state index contributed by atoms with van der Waals surface area (Å²) in [6, 6.07) is 0. The summed E-state index contributed by atoms with van der Waals surface area (Å²) in [6.07, 6.45) is 1.11. The van der Waals surface area contributed by atoms with E-state index in [2.05, 4.69) is 52.7 Å². The summed E-state index contributed by atoms with van der Waals surface area (Å²) >= 11 is 19.8. The molecule has 0 amide bonds. The standard InChI is InChI=1S/C13H14ClN5O6S3.C8H5ClN2O4S3.C5H9N3O2.CH4/c1-3-8-15-18(13(20)19(8)22-2)12(26)17-25-28(21)10-7(14)6-27-9(10)11-16-24-5-4-23-11;9-5-3-17-6(8-11-14-2-1-13-8)7(5)18(12)15-10-4-16;1-3-4-6-7-5(9)8(4)10-2;/h6H,3-5H2,1-2H3,(H,17,26);3H,1-2H2;3H2,1-2H3,(H,7,9);1H4. The number of aromatic amines is 1. The highest BCUT2D eigenvalue weighted by Gasteiger charge is 2.27. The van der Waals surface area contributed by atoms with Crippen LogP contribution in [0.5, 0.6) is 0 Å². The van der Waals surface area contributed by atoms with E-state index < -0.39 is 27.9 Å². The number of ether oxygens (including phenoxy) is 2. The van der Waals surface area contributed by atoms with Gasteiger partial charge in [0.25, 0.3) is 22.9 Å². The first-order chi connectivity index (χ1) is 27.0. The number of aryl methyl sites for hydroxylation is 2. The zero-order valence-electron chi connectivity index (χ0n) is 29.1. The Morgan fingerprint density at radius 3 is 1.93 bits per heavy atom. The van der Waals surface area contributed by atoms with Crippen LogP contribution in [0.3, 0.4) is 0 Å². The number of aromatic nitrogens is 6. The van der Waals surface area contributed by atoms with E-state index in [0.29, 0.717) is 60.7 Å². The molecule has 6 rings (SSSR count). The summed E-state index contributed by atoms with van der Waals surface area (Å²) in [7, 11) is 2.75. The van der Waals surface area contributed by atoms with Crippen LogP contribution in [0, 0.1) is 0 Å². The molecule has 0 aliphatic carbocycles. The molecule has 0 saturated carbocycles. The maximum Gasteiger partial charge on any atom is 0.386 e. The van der Waals surface area contributed by atoms with Crippen LogP contribution in [-0.2, 0) is 62.7 Å². The molecule has 0 aromatic carbocycles. The first kappa shape index (κ1) is 47.1. The van der Waals surface area contributed by atoms with Crippen LogP contribution in [0.4, 0.5) is 0 Å². The number of thiocarbonyl (C=S) groups is 2. The van der Waals surface area contributed by atoms with E-state index >= 15 is 0 Å². The molecule has 2 unspecified atom stereocenters. The minimum Gasteiger partial charge on any atom is -0.471 e. The second kappa shape index (κ2) is 23.2. The van der Waals surface area contributed by atoms with Crippen LogP contribution in [0.15, 0.2) is 45.6 Å². The lowest BCUT2D eigenvalue weighted by Gasteiger charge is -2.13. The Balaban J connectivity index is 0.000000256.